The molecule has 4 nitrogen and oxygen atoms in total. The summed E-state index contributed by atoms with van der Waals surface area (Å²) in [5.41, 5.74) is 0.821. The first-order chi connectivity index (χ1) is 11.3. The summed E-state index contributed by atoms with van der Waals surface area (Å²) in [5.74, 6) is -0.0712. The van der Waals surface area contributed by atoms with E-state index in [0.717, 1.165) is 10.1 Å². The first kappa shape index (κ1) is 16.9. The third kappa shape index (κ3) is 3.93. The number of aliphatic hydroxyl groups is 1. The van der Waals surface area contributed by atoms with Crippen LogP contribution in [0.2, 0.25) is 0 Å². The second-order valence-corrected chi connectivity index (χ2v) is 5.97. The van der Waals surface area contributed by atoms with Gasteiger partial charge in [-0.1, -0.05) is 12.1 Å². The van der Waals surface area contributed by atoms with Crippen LogP contribution in [-0.2, 0) is 13.1 Å². The van der Waals surface area contributed by atoms with Gasteiger partial charge in [-0.3, -0.25) is 4.90 Å². The molecule has 1 aliphatic heterocycles. The molecule has 0 unspecified atom stereocenters. The Morgan fingerprint density at radius 1 is 1.21 bits per heavy atom. The molecule has 8 heteroatoms. The van der Waals surface area contributed by atoms with Crippen molar-refractivity contribution in [2.75, 3.05) is 6.54 Å². The fourth-order valence-corrected chi connectivity index (χ4v) is 3.10. The Morgan fingerprint density at radius 2 is 1.92 bits per heavy atom. The van der Waals surface area contributed by atoms with Crippen LogP contribution < -0.4 is 0 Å². The molecule has 0 radical (unpaired) electrons. The van der Waals surface area contributed by atoms with E-state index in [4.69, 9.17) is 0 Å². The molecule has 1 N–H and O–H groups in total. The van der Waals surface area contributed by atoms with Crippen LogP contribution in [0.15, 0.2) is 36.7 Å². The highest BCUT2D eigenvalue weighted by Crippen LogP contribution is 2.33. The van der Waals surface area contributed by atoms with E-state index in [1.54, 1.807) is 12.1 Å². The standard InChI is InChI=1S/C16H17F4N3O/c17-12-3-1-11(2-4-12)14-7-13(24)8-23(14)9-15-21-5-6-22(15)10-16(18,19)20/h1-6,13-14,24H,7-10H2/t13-,14-/m0/s1. The van der Waals surface area contributed by atoms with Gasteiger partial charge < -0.3 is 9.67 Å². The Morgan fingerprint density at radius 3 is 2.58 bits per heavy atom. The molecule has 0 aliphatic carbocycles. The number of hydrogen-bond acceptors (Lipinski definition) is 3. The smallest absolute Gasteiger partial charge is 0.392 e. The molecule has 1 saturated heterocycles. The van der Waals surface area contributed by atoms with Crippen molar-refractivity contribution < 1.29 is 22.7 Å². The summed E-state index contributed by atoms with van der Waals surface area (Å²) in [7, 11) is 0. The van der Waals surface area contributed by atoms with E-state index >= 15 is 0 Å². The van der Waals surface area contributed by atoms with Crippen molar-refractivity contribution in [3.63, 3.8) is 0 Å². The summed E-state index contributed by atoms with van der Waals surface area (Å²) in [5, 5.41) is 9.95. The van der Waals surface area contributed by atoms with Crippen molar-refractivity contribution in [2.24, 2.45) is 0 Å². The van der Waals surface area contributed by atoms with Crippen molar-refractivity contribution >= 4 is 0 Å². The van der Waals surface area contributed by atoms with Crippen LogP contribution in [0.1, 0.15) is 23.9 Å². The van der Waals surface area contributed by atoms with Gasteiger partial charge in [0.1, 0.15) is 18.2 Å². The lowest BCUT2D eigenvalue weighted by Gasteiger charge is -2.24. The Balaban J connectivity index is 1.78. The number of halogens is 4. The number of β-amino-alcohol motifs (C(OH)–C–C–N with tert-alkyl or cyclic N) is 1. The number of likely N-dealkylation sites (tertiary alicyclic amines) is 1. The average Bonchev–Trinajstić information content (AvgIpc) is 3.06. The largest absolute Gasteiger partial charge is 0.406 e. The average molecular weight is 343 g/mol. The molecular weight excluding hydrogens is 326 g/mol. The first-order valence-corrected chi connectivity index (χ1v) is 7.56. The molecule has 0 bridgehead atoms. The molecule has 2 heterocycles. The molecule has 1 aliphatic rings. The van der Waals surface area contributed by atoms with E-state index in [-0.39, 0.29) is 24.2 Å². The van der Waals surface area contributed by atoms with Crippen LogP contribution in [0.4, 0.5) is 17.6 Å². The number of nitrogens with zero attached hydrogens (tertiary/aromatic N) is 3. The molecular formula is C16H17F4N3O. The molecule has 130 valence electrons. The van der Waals surface area contributed by atoms with Crippen LogP contribution in [0, 0.1) is 5.82 Å². The van der Waals surface area contributed by atoms with Gasteiger partial charge in [-0.05, 0) is 24.1 Å². The molecule has 3 rings (SSSR count). The Hall–Kier alpha value is -1.93. The fraction of sp³-hybridized carbons (Fsp3) is 0.438. The minimum absolute atomic E-state index is 0.183. The normalized spacial score (nSPS) is 22.2. The van der Waals surface area contributed by atoms with Crippen LogP contribution in [0.5, 0.6) is 0 Å². The maximum absolute atomic E-state index is 13.1. The lowest BCUT2D eigenvalue weighted by atomic mass is 10.0. The number of alkyl halides is 3. The van der Waals surface area contributed by atoms with Crippen LogP contribution >= 0.6 is 0 Å². The summed E-state index contributed by atoms with van der Waals surface area (Å²) in [4.78, 5) is 5.88. The van der Waals surface area contributed by atoms with Crippen molar-refractivity contribution in [3.05, 3.63) is 53.9 Å². The van der Waals surface area contributed by atoms with Crippen LogP contribution in [-0.4, -0.2) is 38.4 Å². The van der Waals surface area contributed by atoms with Gasteiger partial charge in [-0.2, -0.15) is 13.2 Å². The van der Waals surface area contributed by atoms with Crippen molar-refractivity contribution in [1.29, 1.82) is 0 Å². The van der Waals surface area contributed by atoms with Crippen LogP contribution in [0.3, 0.4) is 0 Å². The minimum Gasteiger partial charge on any atom is -0.392 e. The predicted molar refractivity (Wildman–Crippen MR) is 78.5 cm³/mol. The van der Waals surface area contributed by atoms with Crippen LogP contribution in [0.25, 0.3) is 0 Å². The lowest BCUT2D eigenvalue weighted by Crippen LogP contribution is -2.27. The summed E-state index contributed by atoms with van der Waals surface area (Å²) < 4.78 is 52.0. The van der Waals surface area contributed by atoms with E-state index < -0.39 is 18.8 Å². The highest BCUT2D eigenvalue weighted by atomic mass is 19.4. The maximum Gasteiger partial charge on any atom is 0.406 e. The van der Waals surface area contributed by atoms with Gasteiger partial charge in [0.15, 0.2) is 0 Å². The van der Waals surface area contributed by atoms with Gasteiger partial charge in [0, 0.05) is 25.0 Å². The van der Waals surface area contributed by atoms with Gasteiger partial charge in [0.05, 0.1) is 12.6 Å². The molecule has 2 aromatic rings. The Labute approximate surface area is 136 Å². The second kappa shape index (κ2) is 6.52. The summed E-state index contributed by atoms with van der Waals surface area (Å²) in [6.07, 6.45) is -1.82. The third-order valence-electron chi connectivity index (χ3n) is 4.13. The van der Waals surface area contributed by atoms with E-state index in [2.05, 4.69) is 4.98 Å². The van der Waals surface area contributed by atoms with E-state index in [1.807, 2.05) is 4.90 Å². The van der Waals surface area contributed by atoms with Gasteiger partial charge in [-0.25, -0.2) is 9.37 Å². The summed E-state index contributed by atoms with van der Waals surface area (Å²) in [6, 6.07) is 5.75. The quantitative estimate of drug-likeness (QED) is 0.868. The summed E-state index contributed by atoms with van der Waals surface area (Å²) >= 11 is 0. The molecule has 1 aromatic carbocycles. The minimum atomic E-state index is -4.32. The van der Waals surface area contributed by atoms with Gasteiger partial charge in [0.25, 0.3) is 0 Å². The monoisotopic (exact) mass is 343 g/mol. The number of hydrogen-bond donors (Lipinski definition) is 1. The zero-order valence-corrected chi connectivity index (χ0v) is 12.7. The molecule has 24 heavy (non-hydrogen) atoms. The summed E-state index contributed by atoms with van der Waals surface area (Å²) in [6.45, 7) is -0.580. The molecule has 2 atom stereocenters. The molecule has 1 aromatic heterocycles. The lowest BCUT2D eigenvalue weighted by molar-refractivity contribution is -0.141. The van der Waals surface area contributed by atoms with E-state index in [0.29, 0.717) is 13.0 Å². The number of imidazole rings is 1. The molecule has 0 amide bonds. The predicted octanol–water partition coefficient (Wildman–Crippen LogP) is 2.89. The second-order valence-electron chi connectivity index (χ2n) is 5.97. The van der Waals surface area contributed by atoms with Gasteiger partial charge >= 0.3 is 6.18 Å². The molecule has 0 spiro atoms. The highest BCUT2D eigenvalue weighted by molar-refractivity contribution is 5.21. The van der Waals surface area contributed by atoms with Crippen molar-refractivity contribution in [2.45, 2.75) is 37.8 Å². The number of rotatable bonds is 4. The number of benzene rings is 1. The first-order valence-electron chi connectivity index (χ1n) is 7.56. The van der Waals surface area contributed by atoms with Crippen molar-refractivity contribution in [3.8, 4) is 0 Å². The molecule has 1 fully saturated rings. The zero-order chi connectivity index (χ0) is 17.3. The third-order valence-corrected chi connectivity index (χ3v) is 4.13. The highest BCUT2D eigenvalue weighted by Gasteiger charge is 2.34. The SMILES string of the molecule is O[C@H]1C[C@@H](c2ccc(F)cc2)N(Cc2nccn2CC(F)(F)F)C1. The zero-order valence-electron chi connectivity index (χ0n) is 12.7. The molecule has 0 saturated carbocycles. The van der Waals surface area contributed by atoms with E-state index in [9.17, 15) is 22.7 Å². The Bertz CT molecular complexity index is 683. The number of aliphatic hydroxyl groups excluding tert-OH is 1. The van der Waals surface area contributed by atoms with Gasteiger partial charge in [-0.15, -0.1) is 0 Å². The van der Waals surface area contributed by atoms with Crippen molar-refractivity contribution in [1.82, 2.24) is 14.5 Å². The Kier molecular flexibility index (Phi) is 4.60. The van der Waals surface area contributed by atoms with E-state index in [1.165, 1.54) is 24.5 Å². The van der Waals surface area contributed by atoms with Gasteiger partial charge in [0.2, 0.25) is 0 Å². The maximum atomic E-state index is 13.1. The fourth-order valence-electron chi connectivity index (χ4n) is 3.10. The number of aromatic nitrogens is 2. The topological polar surface area (TPSA) is 41.3 Å².